The first-order valence-electron chi connectivity index (χ1n) is 9.29. The van der Waals surface area contributed by atoms with E-state index >= 15 is 0 Å². The number of para-hydroxylation sites is 1. The lowest BCUT2D eigenvalue weighted by atomic mass is 10.1. The molecule has 0 spiro atoms. The lowest BCUT2D eigenvalue weighted by molar-refractivity contribution is -0.135. The molecule has 1 aliphatic rings. The quantitative estimate of drug-likeness (QED) is 0.705. The van der Waals surface area contributed by atoms with E-state index in [1.807, 2.05) is 49.5 Å². The van der Waals surface area contributed by atoms with Gasteiger partial charge in [0.15, 0.2) is 0 Å². The van der Waals surface area contributed by atoms with E-state index in [-0.39, 0.29) is 11.8 Å². The molecule has 6 heteroatoms. The van der Waals surface area contributed by atoms with E-state index in [0.29, 0.717) is 32.4 Å². The largest absolute Gasteiger partial charge is 0.466 e. The number of aromatic nitrogens is 1. The summed E-state index contributed by atoms with van der Waals surface area (Å²) in [5.74, 6) is 1.65. The van der Waals surface area contributed by atoms with E-state index in [2.05, 4.69) is 10.3 Å². The average molecular weight is 365 g/mol. The third kappa shape index (κ3) is 3.60. The summed E-state index contributed by atoms with van der Waals surface area (Å²) < 4.78 is 5.52. The first-order valence-corrected chi connectivity index (χ1v) is 9.29. The number of hydrogen-bond acceptors (Lipinski definition) is 3. The molecule has 2 aromatic heterocycles. The third-order valence-electron chi connectivity index (χ3n) is 5.11. The number of rotatable bonds is 6. The van der Waals surface area contributed by atoms with Crippen molar-refractivity contribution < 1.29 is 14.0 Å². The summed E-state index contributed by atoms with van der Waals surface area (Å²) in [6.07, 6.45) is 3.54. The van der Waals surface area contributed by atoms with Crippen LogP contribution in [0.1, 0.15) is 29.9 Å². The van der Waals surface area contributed by atoms with Crippen LogP contribution in [0.5, 0.6) is 0 Å². The SMILES string of the molecule is Cc1ccc(CCNC(=O)C2CCC(=O)N2Cc2c[nH]c3ccccc23)o1. The summed E-state index contributed by atoms with van der Waals surface area (Å²) in [5.41, 5.74) is 2.07. The van der Waals surface area contributed by atoms with Gasteiger partial charge in [0.1, 0.15) is 17.6 Å². The van der Waals surface area contributed by atoms with Crippen LogP contribution in [0.25, 0.3) is 10.9 Å². The highest BCUT2D eigenvalue weighted by Crippen LogP contribution is 2.25. The van der Waals surface area contributed by atoms with Gasteiger partial charge in [-0.25, -0.2) is 0 Å². The van der Waals surface area contributed by atoms with Crippen molar-refractivity contribution in [2.24, 2.45) is 0 Å². The van der Waals surface area contributed by atoms with Gasteiger partial charge >= 0.3 is 0 Å². The molecule has 6 nitrogen and oxygen atoms in total. The molecule has 3 aromatic rings. The van der Waals surface area contributed by atoms with Gasteiger partial charge in [0, 0.05) is 43.0 Å². The number of H-pyrrole nitrogens is 1. The summed E-state index contributed by atoms with van der Waals surface area (Å²) >= 11 is 0. The van der Waals surface area contributed by atoms with Gasteiger partial charge in [-0.2, -0.15) is 0 Å². The van der Waals surface area contributed by atoms with E-state index in [9.17, 15) is 9.59 Å². The molecule has 1 atom stereocenters. The second kappa shape index (κ2) is 7.31. The van der Waals surface area contributed by atoms with Crippen molar-refractivity contribution in [2.75, 3.05) is 6.54 Å². The number of carbonyl (C=O) groups excluding carboxylic acids is 2. The van der Waals surface area contributed by atoms with Crippen molar-refractivity contribution in [1.29, 1.82) is 0 Å². The predicted molar refractivity (Wildman–Crippen MR) is 102 cm³/mol. The summed E-state index contributed by atoms with van der Waals surface area (Å²) in [4.78, 5) is 29.9. The lowest BCUT2D eigenvalue weighted by Crippen LogP contribution is -2.44. The standard InChI is InChI=1S/C21H23N3O3/c1-14-6-7-16(27-14)10-11-22-21(26)19-8-9-20(25)24(19)13-15-12-23-18-5-3-2-4-17(15)18/h2-7,12,19,23H,8-11,13H2,1H3,(H,22,26). The number of nitrogens with zero attached hydrogens (tertiary/aromatic N) is 1. The third-order valence-corrected chi connectivity index (χ3v) is 5.11. The number of nitrogens with one attached hydrogen (secondary N) is 2. The number of hydrogen-bond donors (Lipinski definition) is 2. The van der Waals surface area contributed by atoms with Gasteiger partial charge in [-0.15, -0.1) is 0 Å². The molecule has 140 valence electrons. The Morgan fingerprint density at radius 2 is 2.15 bits per heavy atom. The highest BCUT2D eigenvalue weighted by Gasteiger charge is 2.36. The molecule has 1 aromatic carbocycles. The molecule has 27 heavy (non-hydrogen) atoms. The predicted octanol–water partition coefficient (Wildman–Crippen LogP) is 2.92. The number of carbonyl (C=O) groups is 2. The van der Waals surface area contributed by atoms with Crippen LogP contribution in [0.2, 0.25) is 0 Å². The summed E-state index contributed by atoms with van der Waals surface area (Å²) in [6.45, 7) is 2.84. The zero-order valence-corrected chi connectivity index (χ0v) is 15.3. The van der Waals surface area contributed by atoms with Crippen LogP contribution in [0.3, 0.4) is 0 Å². The van der Waals surface area contributed by atoms with E-state index in [4.69, 9.17) is 4.42 Å². The molecule has 2 N–H and O–H groups in total. The van der Waals surface area contributed by atoms with Gasteiger partial charge in [-0.1, -0.05) is 18.2 Å². The summed E-state index contributed by atoms with van der Waals surface area (Å²) in [6, 6.07) is 11.4. The molecule has 3 heterocycles. The minimum absolute atomic E-state index is 0.0297. The summed E-state index contributed by atoms with van der Waals surface area (Å²) in [7, 11) is 0. The first kappa shape index (κ1) is 17.4. The fraction of sp³-hybridized carbons (Fsp3) is 0.333. The van der Waals surface area contributed by atoms with Crippen molar-refractivity contribution >= 4 is 22.7 Å². The van der Waals surface area contributed by atoms with Crippen LogP contribution in [-0.2, 0) is 22.6 Å². The topological polar surface area (TPSA) is 78.3 Å². The maximum Gasteiger partial charge on any atom is 0.242 e. The molecule has 0 aliphatic carbocycles. The normalized spacial score (nSPS) is 17.0. The number of furan rings is 1. The lowest BCUT2D eigenvalue weighted by Gasteiger charge is -2.24. The van der Waals surface area contributed by atoms with E-state index < -0.39 is 6.04 Å². The van der Waals surface area contributed by atoms with Gasteiger partial charge < -0.3 is 19.6 Å². The molecule has 1 aliphatic heterocycles. The maximum absolute atomic E-state index is 12.6. The molecule has 2 amide bonds. The van der Waals surface area contributed by atoms with Crippen molar-refractivity contribution in [3.05, 3.63) is 59.7 Å². The Morgan fingerprint density at radius 3 is 2.96 bits per heavy atom. The molecular weight excluding hydrogens is 342 g/mol. The minimum Gasteiger partial charge on any atom is -0.466 e. The van der Waals surface area contributed by atoms with Crippen molar-refractivity contribution in [3.63, 3.8) is 0 Å². The van der Waals surface area contributed by atoms with Crippen LogP contribution >= 0.6 is 0 Å². The van der Waals surface area contributed by atoms with Gasteiger partial charge in [0.25, 0.3) is 0 Å². The highest BCUT2D eigenvalue weighted by molar-refractivity contribution is 5.91. The fourth-order valence-corrected chi connectivity index (χ4v) is 3.70. The zero-order valence-electron chi connectivity index (χ0n) is 15.3. The average Bonchev–Trinajstić information content (AvgIpc) is 3.36. The number of benzene rings is 1. The Labute approximate surface area is 157 Å². The minimum atomic E-state index is -0.413. The van der Waals surface area contributed by atoms with Crippen LogP contribution in [0.4, 0.5) is 0 Å². The summed E-state index contributed by atoms with van der Waals surface area (Å²) in [5, 5.41) is 4.04. The number of aryl methyl sites for hydroxylation is 1. The highest BCUT2D eigenvalue weighted by atomic mass is 16.3. The number of fused-ring (bicyclic) bond motifs is 1. The number of amides is 2. The van der Waals surface area contributed by atoms with E-state index in [0.717, 1.165) is 28.0 Å². The van der Waals surface area contributed by atoms with Crippen molar-refractivity contribution in [3.8, 4) is 0 Å². The first-order chi connectivity index (χ1) is 13.1. The Hall–Kier alpha value is -3.02. The number of likely N-dealkylation sites (tertiary alicyclic amines) is 1. The molecule has 1 saturated heterocycles. The monoisotopic (exact) mass is 365 g/mol. The fourth-order valence-electron chi connectivity index (χ4n) is 3.70. The Balaban J connectivity index is 1.40. The molecule has 0 saturated carbocycles. The Kier molecular flexibility index (Phi) is 4.71. The Bertz CT molecular complexity index is 972. The molecular formula is C21H23N3O3. The van der Waals surface area contributed by atoms with Crippen molar-refractivity contribution in [1.82, 2.24) is 15.2 Å². The second-order valence-corrected chi connectivity index (χ2v) is 6.99. The molecule has 1 unspecified atom stereocenters. The van der Waals surface area contributed by atoms with Crippen LogP contribution < -0.4 is 5.32 Å². The smallest absolute Gasteiger partial charge is 0.242 e. The van der Waals surface area contributed by atoms with Crippen molar-refractivity contribution in [2.45, 2.75) is 38.8 Å². The van der Waals surface area contributed by atoms with Crippen LogP contribution in [0.15, 0.2) is 47.0 Å². The van der Waals surface area contributed by atoms with Gasteiger partial charge in [0.2, 0.25) is 11.8 Å². The molecule has 0 bridgehead atoms. The van der Waals surface area contributed by atoms with Gasteiger partial charge in [-0.05, 0) is 37.1 Å². The maximum atomic E-state index is 12.6. The second-order valence-electron chi connectivity index (χ2n) is 6.99. The Morgan fingerprint density at radius 1 is 1.30 bits per heavy atom. The van der Waals surface area contributed by atoms with E-state index in [1.54, 1.807) is 4.90 Å². The zero-order chi connectivity index (χ0) is 18.8. The van der Waals surface area contributed by atoms with Crippen LogP contribution in [-0.4, -0.2) is 34.3 Å². The van der Waals surface area contributed by atoms with Crippen LogP contribution in [0, 0.1) is 6.92 Å². The molecule has 4 rings (SSSR count). The molecule has 1 fully saturated rings. The van der Waals surface area contributed by atoms with E-state index in [1.165, 1.54) is 0 Å². The number of aromatic amines is 1. The van der Waals surface area contributed by atoms with Gasteiger partial charge in [0.05, 0.1) is 0 Å². The molecule has 0 radical (unpaired) electrons. The van der Waals surface area contributed by atoms with Gasteiger partial charge in [-0.3, -0.25) is 9.59 Å².